The Labute approximate surface area is 161 Å². The summed E-state index contributed by atoms with van der Waals surface area (Å²) in [5.74, 6) is -0.118. The van der Waals surface area contributed by atoms with E-state index in [0.29, 0.717) is 6.54 Å². The molecular weight excluding hydrogens is 362 g/mol. The van der Waals surface area contributed by atoms with Gasteiger partial charge in [0.2, 0.25) is 15.9 Å². The predicted octanol–water partition coefficient (Wildman–Crippen LogP) is 2.71. The van der Waals surface area contributed by atoms with Crippen LogP contribution in [-0.2, 0) is 26.8 Å². The molecule has 0 aliphatic carbocycles. The summed E-state index contributed by atoms with van der Waals surface area (Å²) in [6, 6.07) is 10.6. The number of amides is 1. The van der Waals surface area contributed by atoms with Crippen LogP contribution in [0.1, 0.15) is 38.8 Å². The van der Waals surface area contributed by atoms with Crippen LogP contribution in [-0.4, -0.2) is 37.3 Å². The SMILES string of the molecule is CC(=O)N(CCNS(=O)(=O)c1ccc(C(C)(C)C)cc1)Cc1cccnc1. The molecule has 0 radical (unpaired) electrons. The third-order valence-corrected chi connectivity index (χ3v) is 5.72. The van der Waals surface area contributed by atoms with E-state index in [1.54, 1.807) is 35.5 Å². The van der Waals surface area contributed by atoms with Gasteiger partial charge in [-0.3, -0.25) is 9.78 Å². The van der Waals surface area contributed by atoms with E-state index in [0.717, 1.165) is 11.1 Å². The first-order valence-electron chi connectivity index (χ1n) is 8.84. The first-order chi connectivity index (χ1) is 12.6. The molecule has 7 heteroatoms. The fraction of sp³-hybridized carbons (Fsp3) is 0.400. The van der Waals surface area contributed by atoms with Gasteiger partial charge in [-0.05, 0) is 34.7 Å². The normalized spacial score (nSPS) is 12.0. The molecule has 1 N–H and O–H groups in total. The highest BCUT2D eigenvalue weighted by molar-refractivity contribution is 7.89. The van der Waals surface area contributed by atoms with Crippen molar-refractivity contribution in [1.82, 2.24) is 14.6 Å². The Kier molecular flexibility index (Phi) is 6.73. The van der Waals surface area contributed by atoms with Crippen LogP contribution >= 0.6 is 0 Å². The maximum Gasteiger partial charge on any atom is 0.240 e. The van der Waals surface area contributed by atoms with E-state index in [4.69, 9.17) is 0 Å². The molecule has 1 aromatic carbocycles. The van der Waals surface area contributed by atoms with Crippen molar-refractivity contribution >= 4 is 15.9 Å². The molecule has 0 bridgehead atoms. The molecule has 146 valence electrons. The topological polar surface area (TPSA) is 79.4 Å². The summed E-state index contributed by atoms with van der Waals surface area (Å²) >= 11 is 0. The van der Waals surface area contributed by atoms with Crippen LogP contribution in [0.2, 0.25) is 0 Å². The molecule has 6 nitrogen and oxygen atoms in total. The van der Waals surface area contributed by atoms with E-state index in [-0.39, 0.29) is 29.3 Å². The molecule has 0 aliphatic heterocycles. The van der Waals surface area contributed by atoms with Gasteiger partial charge in [-0.2, -0.15) is 0 Å². The number of sulfonamides is 1. The van der Waals surface area contributed by atoms with Gasteiger partial charge < -0.3 is 4.90 Å². The zero-order chi connectivity index (χ0) is 20.1. The van der Waals surface area contributed by atoms with Crippen molar-refractivity contribution in [2.45, 2.75) is 44.6 Å². The summed E-state index contributed by atoms with van der Waals surface area (Å²) in [5, 5.41) is 0. The minimum atomic E-state index is -3.62. The summed E-state index contributed by atoms with van der Waals surface area (Å²) in [6.07, 6.45) is 3.36. The van der Waals surface area contributed by atoms with Crippen LogP contribution in [0.25, 0.3) is 0 Å². The Hall–Kier alpha value is -2.25. The quantitative estimate of drug-likeness (QED) is 0.790. The molecule has 1 aromatic heterocycles. The standard InChI is InChI=1S/C20H27N3O3S/c1-16(24)23(15-17-6-5-11-21-14-17)13-12-22-27(25,26)19-9-7-18(8-10-19)20(2,3)4/h5-11,14,22H,12-13,15H2,1-4H3. The number of nitrogens with zero attached hydrogens (tertiary/aromatic N) is 2. The van der Waals surface area contributed by atoms with Crippen LogP contribution in [0.15, 0.2) is 53.7 Å². The first kappa shape index (κ1) is 21.1. The van der Waals surface area contributed by atoms with Gasteiger partial charge >= 0.3 is 0 Å². The van der Waals surface area contributed by atoms with E-state index in [1.165, 1.54) is 6.92 Å². The summed E-state index contributed by atoms with van der Waals surface area (Å²) in [6.45, 7) is 8.52. The van der Waals surface area contributed by atoms with Gasteiger partial charge in [0.1, 0.15) is 0 Å². The summed E-state index contributed by atoms with van der Waals surface area (Å²) < 4.78 is 27.5. The molecular formula is C20H27N3O3S. The van der Waals surface area contributed by atoms with E-state index in [2.05, 4.69) is 30.5 Å². The fourth-order valence-electron chi connectivity index (χ4n) is 2.59. The van der Waals surface area contributed by atoms with Gasteiger partial charge in [0, 0.05) is 39.0 Å². The number of rotatable bonds is 7. The lowest BCUT2D eigenvalue weighted by Gasteiger charge is -2.21. The fourth-order valence-corrected chi connectivity index (χ4v) is 3.61. The minimum absolute atomic E-state index is 0.0377. The van der Waals surface area contributed by atoms with Crippen molar-refractivity contribution in [2.75, 3.05) is 13.1 Å². The summed E-state index contributed by atoms with van der Waals surface area (Å²) in [7, 11) is -3.62. The van der Waals surface area contributed by atoms with Crippen molar-refractivity contribution in [3.63, 3.8) is 0 Å². The molecule has 0 saturated heterocycles. The molecule has 1 amide bonds. The van der Waals surface area contributed by atoms with E-state index in [1.807, 2.05) is 18.2 Å². The number of benzene rings is 1. The highest BCUT2D eigenvalue weighted by Crippen LogP contribution is 2.23. The average Bonchev–Trinajstić information content (AvgIpc) is 2.61. The molecule has 2 aromatic rings. The zero-order valence-corrected chi connectivity index (χ0v) is 17.1. The van der Waals surface area contributed by atoms with Crippen molar-refractivity contribution in [2.24, 2.45) is 0 Å². The van der Waals surface area contributed by atoms with Gasteiger partial charge in [-0.25, -0.2) is 13.1 Å². The molecule has 1 heterocycles. The van der Waals surface area contributed by atoms with Gasteiger partial charge in [0.05, 0.1) is 4.90 Å². The largest absolute Gasteiger partial charge is 0.337 e. The third-order valence-electron chi connectivity index (χ3n) is 4.25. The van der Waals surface area contributed by atoms with Crippen LogP contribution in [0.3, 0.4) is 0 Å². The number of hydrogen-bond acceptors (Lipinski definition) is 4. The Morgan fingerprint density at radius 2 is 1.81 bits per heavy atom. The number of pyridine rings is 1. The summed E-state index contributed by atoms with van der Waals surface area (Å²) in [4.78, 5) is 17.7. The number of carbonyl (C=O) groups is 1. The van der Waals surface area contributed by atoms with Crippen molar-refractivity contribution < 1.29 is 13.2 Å². The third kappa shape index (κ3) is 6.15. The van der Waals surface area contributed by atoms with Gasteiger partial charge in [0.15, 0.2) is 0 Å². The van der Waals surface area contributed by atoms with Gasteiger partial charge in [-0.1, -0.05) is 39.0 Å². The van der Waals surface area contributed by atoms with Crippen molar-refractivity contribution in [3.8, 4) is 0 Å². The second-order valence-corrected chi connectivity index (χ2v) is 9.24. The highest BCUT2D eigenvalue weighted by atomic mass is 32.2. The van der Waals surface area contributed by atoms with Crippen LogP contribution in [0.5, 0.6) is 0 Å². The maximum atomic E-state index is 12.5. The van der Waals surface area contributed by atoms with E-state index in [9.17, 15) is 13.2 Å². The monoisotopic (exact) mass is 389 g/mol. The lowest BCUT2D eigenvalue weighted by Crippen LogP contribution is -2.37. The van der Waals surface area contributed by atoms with E-state index >= 15 is 0 Å². The van der Waals surface area contributed by atoms with Gasteiger partial charge in [0.25, 0.3) is 0 Å². The first-order valence-corrected chi connectivity index (χ1v) is 10.3. The molecule has 2 rings (SSSR count). The van der Waals surface area contributed by atoms with Gasteiger partial charge in [-0.15, -0.1) is 0 Å². The molecule has 0 spiro atoms. The maximum absolute atomic E-state index is 12.5. The zero-order valence-electron chi connectivity index (χ0n) is 16.3. The smallest absolute Gasteiger partial charge is 0.240 e. The van der Waals surface area contributed by atoms with Crippen LogP contribution in [0.4, 0.5) is 0 Å². The lowest BCUT2D eigenvalue weighted by molar-refractivity contribution is -0.129. The molecule has 27 heavy (non-hydrogen) atoms. The Morgan fingerprint density at radius 3 is 2.33 bits per heavy atom. The number of hydrogen-bond donors (Lipinski definition) is 1. The summed E-state index contributed by atoms with van der Waals surface area (Å²) in [5.41, 5.74) is 1.93. The molecule has 0 aliphatic rings. The highest BCUT2D eigenvalue weighted by Gasteiger charge is 2.18. The van der Waals surface area contributed by atoms with Crippen molar-refractivity contribution in [1.29, 1.82) is 0 Å². The Balaban J connectivity index is 1.98. The van der Waals surface area contributed by atoms with Crippen LogP contribution in [0, 0.1) is 0 Å². The number of nitrogens with one attached hydrogen (secondary N) is 1. The predicted molar refractivity (Wildman–Crippen MR) is 106 cm³/mol. The Morgan fingerprint density at radius 1 is 1.15 bits per heavy atom. The second-order valence-electron chi connectivity index (χ2n) is 7.47. The van der Waals surface area contributed by atoms with Crippen LogP contribution < -0.4 is 4.72 Å². The average molecular weight is 390 g/mol. The molecule has 0 saturated carbocycles. The molecule has 0 unspecified atom stereocenters. The Bertz CT molecular complexity index is 858. The second kappa shape index (κ2) is 8.63. The lowest BCUT2D eigenvalue weighted by atomic mass is 9.87. The van der Waals surface area contributed by atoms with Crippen molar-refractivity contribution in [3.05, 3.63) is 59.9 Å². The molecule has 0 fully saturated rings. The minimum Gasteiger partial charge on any atom is -0.337 e. The number of aromatic nitrogens is 1. The van der Waals surface area contributed by atoms with E-state index < -0.39 is 10.0 Å². The molecule has 0 atom stereocenters. The number of carbonyl (C=O) groups excluding carboxylic acids is 1.